The fraction of sp³-hybridized carbons (Fsp3) is 0.562. The Hall–Kier alpha value is -1.55. The molecule has 0 heterocycles. The van der Waals surface area contributed by atoms with Gasteiger partial charge in [-0.1, -0.05) is 26.0 Å². The number of methoxy groups -OCH3 is 1. The molecule has 0 amide bonds. The topological polar surface area (TPSA) is 61.5 Å². The lowest BCUT2D eigenvalue weighted by molar-refractivity contribution is -0.147. The maximum atomic E-state index is 11.5. The molecule has 0 saturated carbocycles. The summed E-state index contributed by atoms with van der Waals surface area (Å²) in [5.74, 6) is 0.846. The Balaban J connectivity index is 2.62. The van der Waals surface area contributed by atoms with Gasteiger partial charge in [-0.3, -0.25) is 4.79 Å². The van der Waals surface area contributed by atoms with Gasteiger partial charge in [0.25, 0.3) is 0 Å². The lowest BCUT2D eigenvalue weighted by atomic mass is 9.96. The molecule has 2 N–H and O–H groups in total. The summed E-state index contributed by atoms with van der Waals surface area (Å²) < 4.78 is 10.5. The highest BCUT2D eigenvalue weighted by atomic mass is 16.5. The van der Waals surface area contributed by atoms with Crippen LogP contribution in [0.3, 0.4) is 0 Å². The molecule has 20 heavy (non-hydrogen) atoms. The van der Waals surface area contributed by atoms with Gasteiger partial charge in [0.15, 0.2) is 0 Å². The van der Waals surface area contributed by atoms with Crippen LogP contribution in [0.4, 0.5) is 0 Å². The zero-order valence-electron chi connectivity index (χ0n) is 13.0. The molecule has 4 heteroatoms. The summed E-state index contributed by atoms with van der Waals surface area (Å²) in [5, 5.41) is 0. The number of nitrogens with two attached hydrogens (primary N) is 1. The first-order chi connectivity index (χ1) is 9.26. The van der Waals surface area contributed by atoms with Gasteiger partial charge in [-0.2, -0.15) is 0 Å². The molecule has 0 aromatic heterocycles. The number of hydrogen-bond donors (Lipinski definition) is 1. The molecule has 0 radical (unpaired) electrons. The van der Waals surface area contributed by atoms with Crippen molar-refractivity contribution >= 4 is 5.97 Å². The van der Waals surface area contributed by atoms with Crippen molar-refractivity contribution in [1.82, 2.24) is 0 Å². The van der Waals surface area contributed by atoms with Gasteiger partial charge in [0, 0.05) is 6.42 Å². The third-order valence-electron chi connectivity index (χ3n) is 3.25. The van der Waals surface area contributed by atoms with Crippen LogP contribution >= 0.6 is 0 Å². The summed E-state index contributed by atoms with van der Waals surface area (Å²) in [6, 6.07) is 7.99. The highest BCUT2D eigenvalue weighted by molar-refractivity contribution is 5.79. The van der Waals surface area contributed by atoms with Crippen LogP contribution in [-0.2, 0) is 9.53 Å². The molecule has 4 nitrogen and oxygen atoms in total. The van der Waals surface area contributed by atoms with E-state index in [1.165, 1.54) is 12.7 Å². The summed E-state index contributed by atoms with van der Waals surface area (Å²) in [4.78, 5) is 11.5. The number of carbonyl (C=O) groups is 1. The van der Waals surface area contributed by atoms with E-state index in [2.05, 4.69) is 30.7 Å². The number of esters is 1. The van der Waals surface area contributed by atoms with Gasteiger partial charge in [-0.15, -0.1) is 0 Å². The van der Waals surface area contributed by atoms with Crippen LogP contribution in [-0.4, -0.2) is 24.7 Å². The predicted octanol–water partition coefficient (Wildman–Crippen LogP) is 2.86. The van der Waals surface area contributed by atoms with E-state index in [4.69, 9.17) is 10.5 Å². The molecule has 0 aliphatic heterocycles. The van der Waals surface area contributed by atoms with Gasteiger partial charge in [0.1, 0.15) is 11.3 Å². The van der Waals surface area contributed by atoms with Crippen molar-refractivity contribution in [2.75, 3.05) is 7.11 Å². The van der Waals surface area contributed by atoms with Crippen molar-refractivity contribution in [2.45, 2.75) is 51.7 Å². The second-order valence-corrected chi connectivity index (χ2v) is 5.77. The van der Waals surface area contributed by atoms with E-state index in [0.717, 1.165) is 5.75 Å². The van der Waals surface area contributed by atoms with Crippen molar-refractivity contribution in [3.05, 3.63) is 29.8 Å². The second-order valence-electron chi connectivity index (χ2n) is 5.77. The third kappa shape index (κ3) is 4.53. The Kier molecular flexibility index (Phi) is 5.57. The lowest BCUT2D eigenvalue weighted by Gasteiger charge is -2.25. The SMILES string of the molecule is COC(=O)C(C)(N)CC(C)Oc1ccc(C(C)C)cc1. The Morgan fingerprint density at radius 2 is 1.80 bits per heavy atom. The van der Waals surface area contributed by atoms with Gasteiger partial charge in [0.05, 0.1) is 13.2 Å². The first-order valence-electron chi connectivity index (χ1n) is 6.90. The Morgan fingerprint density at radius 1 is 1.25 bits per heavy atom. The van der Waals surface area contributed by atoms with Crippen molar-refractivity contribution in [3.8, 4) is 5.75 Å². The van der Waals surface area contributed by atoms with Crippen LogP contribution in [0.25, 0.3) is 0 Å². The minimum Gasteiger partial charge on any atom is -0.491 e. The van der Waals surface area contributed by atoms with Crippen molar-refractivity contribution in [3.63, 3.8) is 0 Å². The Labute approximate surface area is 121 Å². The van der Waals surface area contributed by atoms with Crippen LogP contribution in [0.1, 0.15) is 45.6 Å². The maximum absolute atomic E-state index is 11.5. The molecule has 0 aliphatic rings. The molecule has 1 aromatic carbocycles. The van der Waals surface area contributed by atoms with Gasteiger partial charge < -0.3 is 15.2 Å². The highest BCUT2D eigenvalue weighted by Gasteiger charge is 2.32. The highest BCUT2D eigenvalue weighted by Crippen LogP contribution is 2.21. The predicted molar refractivity (Wildman–Crippen MR) is 79.8 cm³/mol. The Morgan fingerprint density at radius 3 is 2.25 bits per heavy atom. The van der Waals surface area contributed by atoms with Crippen molar-refractivity contribution in [2.24, 2.45) is 5.73 Å². The van der Waals surface area contributed by atoms with E-state index in [0.29, 0.717) is 12.3 Å². The molecule has 0 saturated heterocycles. The van der Waals surface area contributed by atoms with E-state index in [-0.39, 0.29) is 6.10 Å². The molecular weight excluding hydrogens is 254 g/mol. The first-order valence-corrected chi connectivity index (χ1v) is 6.90. The van der Waals surface area contributed by atoms with E-state index in [1.54, 1.807) is 6.92 Å². The minimum atomic E-state index is -1.04. The maximum Gasteiger partial charge on any atom is 0.325 e. The quantitative estimate of drug-likeness (QED) is 0.813. The molecule has 2 unspecified atom stereocenters. The summed E-state index contributed by atoms with van der Waals surface area (Å²) in [6.07, 6.45) is 0.222. The molecule has 0 spiro atoms. The van der Waals surface area contributed by atoms with Crippen LogP contribution in [0, 0.1) is 0 Å². The van der Waals surface area contributed by atoms with Crippen molar-refractivity contribution in [1.29, 1.82) is 0 Å². The number of rotatable bonds is 6. The van der Waals surface area contributed by atoms with Crippen molar-refractivity contribution < 1.29 is 14.3 Å². The molecule has 0 fully saturated rings. The second kappa shape index (κ2) is 6.75. The van der Waals surface area contributed by atoms with Crippen LogP contribution in [0.5, 0.6) is 5.75 Å². The molecule has 112 valence electrons. The molecule has 1 rings (SSSR count). The molecule has 0 bridgehead atoms. The number of carbonyl (C=O) groups excluding carboxylic acids is 1. The van der Waals surface area contributed by atoms with Gasteiger partial charge in [0.2, 0.25) is 0 Å². The standard InChI is InChI=1S/C16H25NO3/c1-11(2)13-6-8-14(9-7-13)20-12(3)10-16(4,17)15(18)19-5/h6-9,11-12H,10,17H2,1-5H3. The molecule has 2 atom stereocenters. The van der Waals surface area contributed by atoms with Gasteiger partial charge in [-0.05, 0) is 37.5 Å². The van der Waals surface area contributed by atoms with E-state index in [9.17, 15) is 4.79 Å². The normalized spacial score (nSPS) is 15.6. The van der Waals surface area contributed by atoms with Gasteiger partial charge in [-0.25, -0.2) is 0 Å². The lowest BCUT2D eigenvalue weighted by Crippen LogP contribution is -2.48. The zero-order valence-corrected chi connectivity index (χ0v) is 13.0. The largest absolute Gasteiger partial charge is 0.491 e. The van der Waals surface area contributed by atoms with E-state index in [1.807, 2.05) is 19.1 Å². The third-order valence-corrected chi connectivity index (χ3v) is 3.25. The summed E-state index contributed by atoms with van der Waals surface area (Å²) >= 11 is 0. The summed E-state index contributed by atoms with van der Waals surface area (Å²) in [7, 11) is 1.34. The van der Waals surface area contributed by atoms with E-state index >= 15 is 0 Å². The summed E-state index contributed by atoms with van der Waals surface area (Å²) in [5.41, 5.74) is 6.17. The molecule has 1 aromatic rings. The minimum absolute atomic E-state index is 0.172. The number of ether oxygens (including phenoxy) is 2. The average molecular weight is 279 g/mol. The fourth-order valence-corrected chi connectivity index (χ4v) is 2.12. The fourth-order valence-electron chi connectivity index (χ4n) is 2.12. The van der Waals surface area contributed by atoms with Gasteiger partial charge >= 0.3 is 5.97 Å². The number of hydrogen-bond acceptors (Lipinski definition) is 4. The summed E-state index contributed by atoms with van der Waals surface area (Å²) in [6.45, 7) is 7.84. The molecular formula is C16H25NO3. The first kappa shape index (κ1) is 16.5. The zero-order chi connectivity index (χ0) is 15.3. The monoisotopic (exact) mass is 279 g/mol. The van der Waals surface area contributed by atoms with Crippen LogP contribution in [0.2, 0.25) is 0 Å². The van der Waals surface area contributed by atoms with Crippen LogP contribution in [0.15, 0.2) is 24.3 Å². The Bertz CT molecular complexity index is 438. The molecule has 0 aliphatic carbocycles. The smallest absolute Gasteiger partial charge is 0.325 e. The number of benzene rings is 1. The average Bonchev–Trinajstić information content (AvgIpc) is 2.37. The van der Waals surface area contributed by atoms with E-state index < -0.39 is 11.5 Å². The van der Waals surface area contributed by atoms with Crippen LogP contribution < -0.4 is 10.5 Å².